The number of hydrogen-bond acceptors (Lipinski definition) is 5. The lowest BCUT2D eigenvalue weighted by Gasteiger charge is -2.18. The van der Waals surface area contributed by atoms with Crippen LogP contribution >= 0.6 is 0 Å². The highest BCUT2D eigenvalue weighted by atomic mass is 16.5. The van der Waals surface area contributed by atoms with Crippen molar-refractivity contribution in [1.29, 1.82) is 0 Å². The number of anilines is 1. The monoisotopic (exact) mass is 335 g/mol. The van der Waals surface area contributed by atoms with Crippen LogP contribution in [0.1, 0.15) is 12.8 Å². The zero-order chi connectivity index (χ0) is 16.9. The standard InChI is InChI=1S/C19H21N5O/c1-2-8-17(9-3-1)25-14-13-24-18(16-7-6-10-20-15-16)21-22-19(24)23-11-4-5-12-23/h1-3,6-10,15H,4-5,11-14H2. The summed E-state index contributed by atoms with van der Waals surface area (Å²) in [4.78, 5) is 6.51. The summed E-state index contributed by atoms with van der Waals surface area (Å²) in [5.41, 5.74) is 0.972. The normalized spacial score (nSPS) is 14.0. The summed E-state index contributed by atoms with van der Waals surface area (Å²) in [7, 11) is 0. The van der Waals surface area contributed by atoms with Gasteiger partial charge < -0.3 is 9.64 Å². The van der Waals surface area contributed by atoms with E-state index in [1.54, 1.807) is 6.20 Å². The first-order valence-corrected chi connectivity index (χ1v) is 8.68. The van der Waals surface area contributed by atoms with Crippen molar-refractivity contribution in [3.05, 3.63) is 54.9 Å². The Kier molecular flexibility index (Phi) is 4.59. The van der Waals surface area contributed by atoms with Crippen molar-refractivity contribution in [3.63, 3.8) is 0 Å². The molecule has 0 unspecified atom stereocenters. The number of para-hydroxylation sites is 1. The molecule has 0 saturated carbocycles. The van der Waals surface area contributed by atoms with Gasteiger partial charge in [-0.25, -0.2) is 0 Å². The largest absolute Gasteiger partial charge is 0.492 e. The van der Waals surface area contributed by atoms with E-state index in [-0.39, 0.29) is 0 Å². The van der Waals surface area contributed by atoms with Crippen LogP contribution in [0, 0.1) is 0 Å². The number of aromatic nitrogens is 4. The van der Waals surface area contributed by atoms with Gasteiger partial charge in [0, 0.05) is 31.0 Å². The second-order valence-electron chi connectivity index (χ2n) is 6.07. The Balaban J connectivity index is 1.57. The molecule has 3 heterocycles. The van der Waals surface area contributed by atoms with Gasteiger partial charge in [0.05, 0.1) is 6.54 Å². The second kappa shape index (κ2) is 7.34. The van der Waals surface area contributed by atoms with Gasteiger partial charge in [0.15, 0.2) is 5.82 Å². The summed E-state index contributed by atoms with van der Waals surface area (Å²) in [5, 5.41) is 8.89. The molecule has 25 heavy (non-hydrogen) atoms. The van der Waals surface area contributed by atoms with E-state index in [0.29, 0.717) is 13.2 Å². The van der Waals surface area contributed by atoms with E-state index in [0.717, 1.165) is 36.2 Å². The molecule has 4 rings (SSSR count). The molecule has 1 aromatic carbocycles. The Morgan fingerprint density at radius 1 is 0.960 bits per heavy atom. The molecule has 0 aliphatic carbocycles. The average molecular weight is 335 g/mol. The highest BCUT2D eigenvalue weighted by Gasteiger charge is 2.21. The summed E-state index contributed by atoms with van der Waals surface area (Å²) >= 11 is 0. The van der Waals surface area contributed by atoms with Gasteiger partial charge in [0.1, 0.15) is 12.4 Å². The van der Waals surface area contributed by atoms with Crippen LogP contribution in [0.2, 0.25) is 0 Å². The fourth-order valence-corrected chi connectivity index (χ4v) is 3.13. The van der Waals surface area contributed by atoms with Crippen LogP contribution in [0.15, 0.2) is 54.9 Å². The average Bonchev–Trinajstić information content (AvgIpc) is 3.33. The lowest BCUT2D eigenvalue weighted by molar-refractivity contribution is 0.299. The van der Waals surface area contributed by atoms with Crippen molar-refractivity contribution in [2.24, 2.45) is 0 Å². The molecule has 0 N–H and O–H groups in total. The predicted molar refractivity (Wildman–Crippen MR) is 96.6 cm³/mol. The summed E-state index contributed by atoms with van der Waals surface area (Å²) in [5.74, 6) is 2.64. The van der Waals surface area contributed by atoms with E-state index in [2.05, 4.69) is 24.6 Å². The van der Waals surface area contributed by atoms with Crippen molar-refractivity contribution in [1.82, 2.24) is 19.7 Å². The first-order valence-electron chi connectivity index (χ1n) is 8.68. The van der Waals surface area contributed by atoms with Gasteiger partial charge in [-0.05, 0) is 37.1 Å². The summed E-state index contributed by atoms with van der Waals surface area (Å²) in [6.07, 6.45) is 6.00. The maximum Gasteiger partial charge on any atom is 0.227 e. The minimum atomic E-state index is 0.566. The lowest BCUT2D eigenvalue weighted by Crippen LogP contribution is -2.23. The molecule has 0 amide bonds. The first-order chi connectivity index (χ1) is 12.4. The number of hydrogen-bond donors (Lipinski definition) is 0. The fourth-order valence-electron chi connectivity index (χ4n) is 3.13. The molecule has 1 fully saturated rings. The van der Waals surface area contributed by atoms with Gasteiger partial charge in [0.25, 0.3) is 0 Å². The van der Waals surface area contributed by atoms with Crippen LogP contribution < -0.4 is 9.64 Å². The number of benzene rings is 1. The Labute approximate surface area is 147 Å². The highest BCUT2D eigenvalue weighted by Crippen LogP contribution is 2.24. The van der Waals surface area contributed by atoms with E-state index in [1.165, 1.54) is 12.8 Å². The third kappa shape index (κ3) is 3.47. The predicted octanol–water partition coefficient (Wildman–Crippen LogP) is 3.02. The van der Waals surface area contributed by atoms with Crippen molar-refractivity contribution >= 4 is 5.95 Å². The Morgan fingerprint density at radius 3 is 2.56 bits per heavy atom. The molecule has 0 bridgehead atoms. The van der Waals surface area contributed by atoms with Gasteiger partial charge in [-0.2, -0.15) is 0 Å². The molecule has 1 aliphatic rings. The van der Waals surface area contributed by atoms with E-state index in [4.69, 9.17) is 4.74 Å². The molecule has 0 atom stereocenters. The maximum atomic E-state index is 5.88. The van der Waals surface area contributed by atoms with Crippen LogP contribution in [0.25, 0.3) is 11.4 Å². The fraction of sp³-hybridized carbons (Fsp3) is 0.316. The number of rotatable bonds is 6. The van der Waals surface area contributed by atoms with Crippen molar-refractivity contribution in [2.45, 2.75) is 19.4 Å². The van der Waals surface area contributed by atoms with Crippen molar-refractivity contribution in [3.8, 4) is 17.1 Å². The molecule has 0 spiro atoms. The lowest BCUT2D eigenvalue weighted by atomic mass is 10.2. The van der Waals surface area contributed by atoms with Crippen LogP contribution in [-0.2, 0) is 6.54 Å². The molecule has 1 saturated heterocycles. The minimum absolute atomic E-state index is 0.566. The second-order valence-corrected chi connectivity index (χ2v) is 6.07. The summed E-state index contributed by atoms with van der Waals surface area (Å²) < 4.78 is 8.02. The first kappa shape index (κ1) is 15.6. The van der Waals surface area contributed by atoms with Gasteiger partial charge in [-0.1, -0.05) is 18.2 Å². The molecule has 1 aliphatic heterocycles. The van der Waals surface area contributed by atoms with E-state index >= 15 is 0 Å². The molecule has 6 heteroatoms. The maximum absolute atomic E-state index is 5.88. The molecule has 3 aromatic rings. The number of pyridine rings is 1. The smallest absolute Gasteiger partial charge is 0.227 e. The quantitative estimate of drug-likeness (QED) is 0.693. The van der Waals surface area contributed by atoms with Crippen LogP contribution in [0.5, 0.6) is 5.75 Å². The van der Waals surface area contributed by atoms with Gasteiger partial charge in [-0.3, -0.25) is 9.55 Å². The van der Waals surface area contributed by atoms with E-state index in [9.17, 15) is 0 Å². The SMILES string of the molecule is c1ccc(OCCn2c(-c3cccnc3)nnc2N2CCCC2)cc1. The Bertz CT molecular complexity index is 797. The third-order valence-electron chi connectivity index (χ3n) is 4.37. The molecular weight excluding hydrogens is 314 g/mol. The van der Waals surface area contributed by atoms with E-state index in [1.807, 2.05) is 48.7 Å². The molecule has 2 aromatic heterocycles. The van der Waals surface area contributed by atoms with Crippen LogP contribution in [0.4, 0.5) is 5.95 Å². The van der Waals surface area contributed by atoms with Gasteiger partial charge >= 0.3 is 0 Å². The summed E-state index contributed by atoms with van der Waals surface area (Å²) in [6.45, 7) is 3.32. The van der Waals surface area contributed by atoms with Gasteiger partial charge in [0.2, 0.25) is 5.95 Å². The minimum Gasteiger partial charge on any atom is -0.492 e. The van der Waals surface area contributed by atoms with E-state index < -0.39 is 0 Å². The van der Waals surface area contributed by atoms with Crippen LogP contribution in [-0.4, -0.2) is 39.4 Å². The van der Waals surface area contributed by atoms with Crippen LogP contribution in [0.3, 0.4) is 0 Å². The highest BCUT2D eigenvalue weighted by molar-refractivity contribution is 5.56. The van der Waals surface area contributed by atoms with Gasteiger partial charge in [-0.15, -0.1) is 10.2 Å². The van der Waals surface area contributed by atoms with Crippen molar-refractivity contribution in [2.75, 3.05) is 24.6 Å². The Hall–Kier alpha value is -2.89. The number of nitrogens with zero attached hydrogens (tertiary/aromatic N) is 5. The zero-order valence-electron chi connectivity index (χ0n) is 14.1. The molecular formula is C19H21N5O. The third-order valence-corrected chi connectivity index (χ3v) is 4.37. The zero-order valence-corrected chi connectivity index (χ0v) is 14.1. The Morgan fingerprint density at radius 2 is 1.80 bits per heavy atom. The molecule has 6 nitrogen and oxygen atoms in total. The topological polar surface area (TPSA) is 56.1 Å². The molecule has 0 radical (unpaired) electrons. The molecule has 128 valence electrons. The number of ether oxygens (including phenoxy) is 1. The summed E-state index contributed by atoms with van der Waals surface area (Å²) in [6, 6.07) is 13.8. The van der Waals surface area contributed by atoms with Crippen molar-refractivity contribution < 1.29 is 4.74 Å².